The number of nitrogens with zero attached hydrogens (tertiary/aromatic N) is 1. The number of allylic oxidation sites excluding steroid dienone is 2. The normalized spacial score (nSPS) is 14.2. The lowest BCUT2D eigenvalue weighted by atomic mass is 10.00. The van der Waals surface area contributed by atoms with Crippen molar-refractivity contribution in [2.75, 3.05) is 5.32 Å². The summed E-state index contributed by atoms with van der Waals surface area (Å²) in [5.41, 5.74) is 2.77. The Bertz CT molecular complexity index is 461. The summed E-state index contributed by atoms with van der Waals surface area (Å²) in [7, 11) is 0. The number of benzene rings is 1. The van der Waals surface area contributed by atoms with Gasteiger partial charge >= 0.3 is 0 Å². The summed E-state index contributed by atoms with van der Waals surface area (Å²) in [4.78, 5) is 3.85. The van der Waals surface area contributed by atoms with E-state index in [0.717, 1.165) is 16.8 Å². The summed E-state index contributed by atoms with van der Waals surface area (Å²) in [5.74, 6) is 0.398. The Balaban J connectivity index is 2.46. The second-order valence-electron chi connectivity index (χ2n) is 3.34. The highest BCUT2D eigenvalue weighted by molar-refractivity contribution is 5.62. The first kappa shape index (κ1) is 9.65. The number of hydrogen-bond acceptors (Lipinski definition) is 2. The second-order valence-corrected chi connectivity index (χ2v) is 3.34. The molecule has 0 aliphatic carbocycles. The molecule has 0 unspecified atom stereocenters. The lowest BCUT2D eigenvalue weighted by Crippen LogP contribution is -2.10. The highest BCUT2D eigenvalue weighted by Crippen LogP contribution is 2.28. The lowest BCUT2D eigenvalue weighted by Gasteiger charge is -2.20. The number of anilines is 1. The Morgan fingerprint density at radius 3 is 2.93 bits per heavy atom. The van der Waals surface area contributed by atoms with Crippen LogP contribution in [-0.4, -0.2) is 6.72 Å². The van der Waals surface area contributed by atoms with Gasteiger partial charge in [0.15, 0.2) is 0 Å². The molecule has 1 aliphatic heterocycles. The number of rotatable bonds is 2. The zero-order chi connectivity index (χ0) is 10.8. The average molecular weight is 202 g/mol. The van der Waals surface area contributed by atoms with Crippen molar-refractivity contribution in [3.8, 4) is 0 Å². The van der Waals surface area contributed by atoms with Gasteiger partial charge in [-0.05, 0) is 30.0 Å². The lowest BCUT2D eigenvalue weighted by molar-refractivity contribution is 0.627. The standard InChI is InChI=1S/C12H11FN2/c1-3-8-6-9-4-5-10(13)7-11(9)15-12(8)14-2/h3-5,7,15H,1-2,6H2. The van der Waals surface area contributed by atoms with Crippen LogP contribution in [0.15, 0.2) is 47.2 Å². The third kappa shape index (κ3) is 1.68. The van der Waals surface area contributed by atoms with Gasteiger partial charge in [0.2, 0.25) is 0 Å². The molecule has 1 heterocycles. The maximum Gasteiger partial charge on any atom is 0.133 e. The monoisotopic (exact) mass is 202 g/mol. The van der Waals surface area contributed by atoms with Crippen LogP contribution in [0.5, 0.6) is 0 Å². The van der Waals surface area contributed by atoms with Gasteiger partial charge in [-0.1, -0.05) is 18.7 Å². The van der Waals surface area contributed by atoms with E-state index >= 15 is 0 Å². The van der Waals surface area contributed by atoms with Crippen molar-refractivity contribution in [1.82, 2.24) is 0 Å². The van der Waals surface area contributed by atoms with Crippen molar-refractivity contribution in [2.24, 2.45) is 4.99 Å². The number of hydrogen-bond donors (Lipinski definition) is 1. The van der Waals surface area contributed by atoms with Gasteiger partial charge < -0.3 is 5.32 Å². The van der Waals surface area contributed by atoms with E-state index in [4.69, 9.17) is 0 Å². The summed E-state index contributed by atoms with van der Waals surface area (Å²) < 4.78 is 13.0. The number of fused-ring (bicyclic) bond motifs is 1. The zero-order valence-corrected chi connectivity index (χ0v) is 8.26. The van der Waals surface area contributed by atoms with Crippen molar-refractivity contribution in [3.63, 3.8) is 0 Å². The van der Waals surface area contributed by atoms with Crippen molar-refractivity contribution in [1.29, 1.82) is 0 Å². The van der Waals surface area contributed by atoms with Crippen LogP contribution in [0.3, 0.4) is 0 Å². The topological polar surface area (TPSA) is 24.4 Å². The molecule has 0 spiro atoms. The van der Waals surface area contributed by atoms with E-state index in [0.29, 0.717) is 12.2 Å². The molecule has 3 heteroatoms. The molecule has 76 valence electrons. The van der Waals surface area contributed by atoms with Crippen LogP contribution in [0.4, 0.5) is 10.1 Å². The SMILES string of the molecule is C=CC1=C(N=C)Nc2cc(F)ccc2C1. The number of halogens is 1. The van der Waals surface area contributed by atoms with Crippen LogP contribution in [0.1, 0.15) is 5.56 Å². The van der Waals surface area contributed by atoms with Crippen molar-refractivity contribution < 1.29 is 4.39 Å². The molecule has 2 nitrogen and oxygen atoms in total. The van der Waals surface area contributed by atoms with E-state index in [9.17, 15) is 4.39 Å². The van der Waals surface area contributed by atoms with Gasteiger partial charge in [0.1, 0.15) is 11.6 Å². The minimum Gasteiger partial charge on any atom is -0.340 e. The summed E-state index contributed by atoms with van der Waals surface area (Å²) in [6.45, 7) is 7.18. The number of nitrogens with one attached hydrogen (secondary N) is 1. The summed E-state index contributed by atoms with van der Waals surface area (Å²) in [5, 5.41) is 3.03. The van der Waals surface area contributed by atoms with E-state index in [1.807, 2.05) is 0 Å². The van der Waals surface area contributed by atoms with Gasteiger partial charge in [0.25, 0.3) is 0 Å². The maximum atomic E-state index is 13.0. The Hall–Kier alpha value is -1.90. The van der Waals surface area contributed by atoms with Crippen molar-refractivity contribution in [2.45, 2.75) is 6.42 Å². The smallest absolute Gasteiger partial charge is 0.133 e. The highest BCUT2D eigenvalue weighted by Gasteiger charge is 2.15. The molecule has 0 aromatic heterocycles. The molecule has 0 radical (unpaired) electrons. The Labute approximate surface area is 87.8 Å². The molecule has 0 fully saturated rings. The molecule has 0 bridgehead atoms. The van der Waals surface area contributed by atoms with Crippen LogP contribution in [0, 0.1) is 5.82 Å². The van der Waals surface area contributed by atoms with Gasteiger partial charge in [-0.2, -0.15) is 0 Å². The molecule has 0 amide bonds. The van der Waals surface area contributed by atoms with Crippen molar-refractivity contribution >= 4 is 12.4 Å². The fourth-order valence-corrected chi connectivity index (χ4v) is 1.63. The number of aliphatic imine (C=N–C) groups is 1. The zero-order valence-electron chi connectivity index (χ0n) is 8.26. The third-order valence-corrected chi connectivity index (χ3v) is 2.41. The van der Waals surface area contributed by atoms with E-state index in [1.165, 1.54) is 12.1 Å². The molecule has 0 saturated carbocycles. The van der Waals surface area contributed by atoms with Gasteiger partial charge in [-0.3, -0.25) is 0 Å². The van der Waals surface area contributed by atoms with E-state index in [-0.39, 0.29) is 5.82 Å². The minimum absolute atomic E-state index is 0.258. The van der Waals surface area contributed by atoms with E-state index in [1.54, 1.807) is 12.1 Å². The largest absolute Gasteiger partial charge is 0.340 e. The van der Waals surface area contributed by atoms with Crippen LogP contribution in [-0.2, 0) is 6.42 Å². The van der Waals surface area contributed by atoms with Gasteiger partial charge in [-0.15, -0.1) is 0 Å². The van der Waals surface area contributed by atoms with Crippen LogP contribution < -0.4 is 5.32 Å². The first-order chi connectivity index (χ1) is 7.24. The predicted octanol–water partition coefficient (Wildman–Crippen LogP) is 2.89. The van der Waals surface area contributed by atoms with Gasteiger partial charge in [-0.25, -0.2) is 9.38 Å². The first-order valence-electron chi connectivity index (χ1n) is 4.62. The van der Waals surface area contributed by atoms with Gasteiger partial charge in [0.05, 0.1) is 0 Å². The maximum absolute atomic E-state index is 13.0. The molecule has 0 saturated heterocycles. The van der Waals surface area contributed by atoms with E-state index in [2.05, 4.69) is 23.6 Å². The van der Waals surface area contributed by atoms with Crippen LogP contribution in [0.25, 0.3) is 0 Å². The Kier molecular flexibility index (Phi) is 2.37. The molecule has 2 rings (SSSR count). The van der Waals surface area contributed by atoms with E-state index < -0.39 is 0 Å². The summed E-state index contributed by atoms with van der Waals surface area (Å²) >= 11 is 0. The summed E-state index contributed by atoms with van der Waals surface area (Å²) in [6.07, 6.45) is 2.45. The van der Waals surface area contributed by atoms with Crippen LogP contribution in [0.2, 0.25) is 0 Å². The Morgan fingerprint density at radius 2 is 2.27 bits per heavy atom. The molecular formula is C12H11FN2. The van der Waals surface area contributed by atoms with Gasteiger partial charge in [0, 0.05) is 12.1 Å². The summed E-state index contributed by atoms with van der Waals surface area (Å²) in [6, 6.07) is 4.68. The average Bonchev–Trinajstić information content (AvgIpc) is 2.27. The van der Waals surface area contributed by atoms with Crippen LogP contribution >= 0.6 is 0 Å². The molecular weight excluding hydrogens is 191 g/mol. The first-order valence-corrected chi connectivity index (χ1v) is 4.62. The molecule has 0 atom stereocenters. The minimum atomic E-state index is -0.258. The second kappa shape index (κ2) is 3.69. The molecule has 1 N–H and O–H groups in total. The third-order valence-electron chi connectivity index (χ3n) is 2.41. The molecule has 1 aromatic rings. The fourth-order valence-electron chi connectivity index (χ4n) is 1.63. The predicted molar refractivity (Wildman–Crippen MR) is 60.5 cm³/mol. The fraction of sp³-hybridized carbons (Fsp3) is 0.0833. The quantitative estimate of drug-likeness (QED) is 0.732. The highest BCUT2D eigenvalue weighted by atomic mass is 19.1. The molecule has 1 aliphatic rings. The Morgan fingerprint density at radius 1 is 1.47 bits per heavy atom. The molecule has 1 aromatic carbocycles. The van der Waals surface area contributed by atoms with Crippen molar-refractivity contribution in [3.05, 3.63) is 53.6 Å². The molecule has 15 heavy (non-hydrogen) atoms.